The number of halogens is 1. The highest BCUT2D eigenvalue weighted by atomic mass is 35.5. The highest BCUT2D eigenvalue weighted by molar-refractivity contribution is 6.30. The number of fused-ring (bicyclic) bond motifs is 1. The smallest absolute Gasteiger partial charge is 0.347 e. The van der Waals surface area contributed by atoms with Crippen molar-refractivity contribution in [3.63, 3.8) is 0 Å². The molecule has 0 aromatic heterocycles. The van der Waals surface area contributed by atoms with Crippen LogP contribution in [0.5, 0.6) is 5.75 Å². The number of hydrogen-bond donors (Lipinski definition) is 2. The Bertz CT molecular complexity index is 1050. The van der Waals surface area contributed by atoms with Gasteiger partial charge in [0.25, 0.3) is 5.91 Å². The van der Waals surface area contributed by atoms with Crippen molar-refractivity contribution in [3.8, 4) is 5.75 Å². The second kappa shape index (κ2) is 8.88. The largest absolute Gasteiger partial charge is 0.484 e. The molecular formula is C22H20ClN3O6. The lowest BCUT2D eigenvalue weighted by Crippen LogP contribution is -2.71. The number of ether oxygens (including phenoxy) is 1. The zero-order valence-corrected chi connectivity index (χ0v) is 17.6. The van der Waals surface area contributed by atoms with Gasteiger partial charge in [0, 0.05) is 11.6 Å². The molecule has 2 saturated heterocycles. The molecule has 3 atom stereocenters. The van der Waals surface area contributed by atoms with Crippen LogP contribution >= 0.6 is 11.6 Å². The summed E-state index contributed by atoms with van der Waals surface area (Å²) in [5.41, 5.74) is 0.673. The van der Waals surface area contributed by atoms with Gasteiger partial charge in [0.15, 0.2) is 6.61 Å². The molecule has 2 N–H and O–H groups in total. The number of β-lactam (4-membered cyclic amide) rings is 1. The van der Waals surface area contributed by atoms with Crippen molar-refractivity contribution in [1.82, 2.24) is 15.1 Å². The summed E-state index contributed by atoms with van der Waals surface area (Å²) in [6.07, 6.45) is -1.43. The van der Waals surface area contributed by atoms with Crippen LogP contribution in [0.15, 0.2) is 54.6 Å². The molecule has 2 heterocycles. The van der Waals surface area contributed by atoms with E-state index in [0.717, 1.165) is 9.80 Å². The summed E-state index contributed by atoms with van der Waals surface area (Å²) in [5, 5.41) is 12.7. The monoisotopic (exact) mass is 457 g/mol. The van der Waals surface area contributed by atoms with Crippen molar-refractivity contribution < 1.29 is 29.0 Å². The van der Waals surface area contributed by atoms with Gasteiger partial charge >= 0.3 is 5.97 Å². The summed E-state index contributed by atoms with van der Waals surface area (Å²) >= 11 is 5.86. The number of carboxylic acid groups (broad SMARTS) is 1. The van der Waals surface area contributed by atoms with E-state index in [1.165, 1.54) is 0 Å². The van der Waals surface area contributed by atoms with E-state index in [2.05, 4.69) is 5.32 Å². The molecule has 0 spiro atoms. The lowest BCUT2D eigenvalue weighted by molar-refractivity contribution is -0.166. The average molecular weight is 458 g/mol. The number of carbonyl (C=O) groups excluding carboxylic acids is 3. The highest BCUT2D eigenvalue weighted by Crippen LogP contribution is 2.33. The molecule has 0 radical (unpaired) electrons. The first-order valence-electron chi connectivity index (χ1n) is 9.91. The molecule has 2 aromatic rings. The maximum atomic E-state index is 12.8. The predicted molar refractivity (Wildman–Crippen MR) is 113 cm³/mol. The number of amides is 3. The van der Waals surface area contributed by atoms with Crippen molar-refractivity contribution in [2.75, 3.05) is 13.2 Å². The Morgan fingerprint density at radius 3 is 2.44 bits per heavy atom. The van der Waals surface area contributed by atoms with E-state index in [-0.39, 0.29) is 19.6 Å². The zero-order chi connectivity index (χ0) is 22.8. The fourth-order valence-electron chi connectivity index (χ4n) is 3.92. The van der Waals surface area contributed by atoms with Crippen LogP contribution in [0.1, 0.15) is 5.56 Å². The molecule has 3 amide bonds. The van der Waals surface area contributed by atoms with Crippen molar-refractivity contribution >= 4 is 35.3 Å². The fraction of sp³-hybridized carbons (Fsp3) is 0.273. The van der Waals surface area contributed by atoms with Gasteiger partial charge in [-0.15, -0.1) is 0 Å². The summed E-state index contributed by atoms with van der Waals surface area (Å²) in [6.45, 7) is -0.276. The van der Waals surface area contributed by atoms with E-state index in [0.29, 0.717) is 16.3 Å². The maximum absolute atomic E-state index is 12.8. The number of para-hydroxylation sites is 1. The molecule has 0 saturated carbocycles. The van der Waals surface area contributed by atoms with Gasteiger partial charge in [0.1, 0.15) is 11.8 Å². The van der Waals surface area contributed by atoms with Crippen molar-refractivity contribution in [2.45, 2.75) is 24.7 Å². The maximum Gasteiger partial charge on any atom is 0.347 e. The number of benzene rings is 2. The summed E-state index contributed by atoms with van der Waals surface area (Å²) in [7, 11) is 0. The summed E-state index contributed by atoms with van der Waals surface area (Å²) in [5.74, 6) is -2.28. The highest BCUT2D eigenvalue weighted by Gasteiger charge is 2.60. The molecule has 32 heavy (non-hydrogen) atoms. The molecular weight excluding hydrogens is 438 g/mol. The number of nitrogens with one attached hydrogen (secondary N) is 1. The molecule has 10 heteroatoms. The topological polar surface area (TPSA) is 116 Å². The van der Waals surface area contributed by atoms with Crippen molar-refractivity contribution in [3.05, 3.63) is 65.2 Å². The minimum absolute atomic E-state index is 0.0135. The SMILES string of the molecule is O=C(COc1ccccc1)N[C@@H]1C(=O)N2C1CN(C(=O)Cc1ccc(Cl)cc1)C2C(=O)O. The molecule has 166 valence electrons. The van der Waals surface area contributed by atoms with Gasteiger partial charge in [-0.25, -0.2) is 4.79 Å². The van der Waals surface area contributed by atoms with Crippen LogP contribution in [0.4, 0.5) is 0 Å². The molecule has 2 fully saturated rings. The third-order valence-corrected chi connectivity index (χ3v) is 5.70. The Hall–Kier alpha value is -3.59. The van der Waals surface area contributed by atoms with Crippen LogP contribution < -0.4 is 10.1 Å². The van der Waals surface area contributed by atoms with Gasteiger partial charge in [0.2, 0.25) is 18.0 Å². The van der Waals surface area contributed by atoms with Crippen molar-refractivity contribution in [2.24, 2.45) is 0 Å². The molecule has 4 rings (SSSR count). The summed E-state index contributed by atoms with van der Waals surface area (Å²) in [4.78, 5) is 51.8. The lowest BCUT2D eigenvalue weighted by Gasteiger charge is -2.43. The molecule has 0 bridgehead atoms. The van der Waals surface area contributed by atoms with Crippen LogP contribution in [0.25, 0.3) is 0 Å². The van der Waals surface area contributed by atoms with Crippen LogP contribution in [-0.2, 0) is 25.6 Å². The van der Waals surface area contributed by atoms with E-state index in [1.54, 1.807) is 48.5 Å². The summed E-state index contributed by atoms with van der Waals surface area (Å²) < 4.78 is 5.37. The third kappa shape index (κ3) is 4.24. The van der Waals surface area contributed by atoms with Crippen LogP contribution in [-0.4, -0.2) is 70.0 Å². The van der Waals surface area contributed by atoms with Gasteiger partial charge in [-0.1, -0.05) is 41.9 Å². The van der Waals surface area contributed by atoms with Crippen LogP contribution in [0.2, 0.25) is 5.02 Å². The molecule has 9 nitrogen and oxygen atoms in total. The molecule has 2 aromatic carbocycles. The molecule has 2 aliphatic heterocycles. The van der Waals surface area contributed by atoms with E-state index in [4.69, 9.17) is 16.3 Å². The Morgan fingerprint density at radius 2 is 1.78 bits per heavy atom. The minimum atomic E-state index is -1.40. The van der Waals surface area contributed by atoms with Gasteiger partial charge in [-0.2, -0.15) is 0 Å². The van der Waals surface area contributed by atoms with Gasteiger partial charge in [-0.3, -0.25) is 14.4 Å². The third-order valence-electron chi connectivity index (χ3n) is 5.44. The molecule has 0 aliphatic carbocycles. The van der Waals surface area contributed by atoms with Gasteiger partial charge < -0.3 is 25.0 Å². The average Bonchev–Trinajstić information content (AvgIpc) is 3.15. The van der Waals surface area contributed by atoms with Crippen molar-refractivity contribution in [1.29, 1.82) is 0 Å². The number of carboxylic acids is 1. The second-order valence-corrected chi connectivity index (χ2v) is 7.96. The Balaban J connectivity index is 1.39. The van der Waals surface area contributed by atoms with E-state index in [1.807, 2.05) is 6.07 Å². The van der Waals surface area contributed by atoms with Gasteiger partial charge in [0.05, 0.1) is 12.5 Å². The first-order chi connectivity index (χ1) is 15.3. The number of rotatable bonds is 7. The number of aliphatic carboxylic acids is 1. The number of carbonyl (C=O) groups is 4. The quantitative estimate of drug-likeness (QED) is 0.597. The minimum Gasteiger partial charge on any atom is -0.484 e. The zero-order valence-electron chi connectivity index (χ0n) is 16.8. The van der Waals surface area contributed by atoms with E-state index in [9.17, 15) is 24.3 Å². The first-order valence-corrected chi connectivity index (χ1v) is 10.3. The fourth-order valence-corrected chi connectivity index (χ4v) is 4.05. The molecule has 2 aliphatic rings. The Labute approximate surface area is 188 Å². The Morgan fingerprint density at radius 1 is 1.09 bits per heavy atom. The normalized spacial score (nSPS) is 21.5. The number of nitrogens with zero attached hydrogens (tertiary/aromatic N) is 2. The van der Waals surface area contributed by atoms with Gasteiger partial charge in [-0.05, 0) is 29.8 Å². The second-order valence-electron chi connectivity index (χ2n) is 7.52. The van der Waals surface area contributed by atoms with E-state index >= 15 is 0 Å². The number of hydrogen-bond acceptors (Lipinski definition) is 5. The lowest BCUT2D eigenvalue weighted by atomic mass is 9.96. The van der Waals surface area contributed by atoms with Crippen LogP contribution in [0.3, 0.4) is 0 Å². The molecule has 2 unspecified atom stereocenters. The Kier molecular flexibility index (Phi) is 6.00. The summed E-state index contributed by atoms with van der Waals surface area (Å²) in [6, 6.07) is 13.9. The van der Waals surface area contributed by atoms with E-state index < -0.39 is 41.9 Å². The van der Waals surface area contributed by atoms with Crippen LogP contribution in [0, 0.1) is 0 Å². The first kappa shape index (κ1) is 21.6. The predicted octanol–water partition coefficient (Wildman–Crippen LogP) is 0.910. The standard InChI is InChI=1S/C22H20ClN3O6/c23-14-8-6-13(7-9-14)10-18(28)25-11-16-19(21(29)26(16)20(25)22(30)31)24-17(27)12-32-15-4-2-1-3-5-15/h1-9,16,19-20H,10-12H2,(H,24,27)(H,30,31)/t16?,19-,20?/m0/s1.